The molecule has 2 heteroatoms. The van der Waals surface area contributed by atoms with E-state index in [-0.39, 0.29) is 5.41 Å². The fourth-order valence-electron chi connectivity index (χ4n) is 3.75. The van der Waals surface area contributed by atoms with Gasteiger partial charge >= 0.3 is 0 Å². The van der Waals surface area contributed by atoms with E-state index in [1.54, 1.807) is 0 Å². The Kier molecular flexibility index (Phi) is 4.23. The zero-order valence-electron chi connectivity index (χ0n) is 12.1. The minimum atomic E-state index is 0.280. The van der Waals surface area contributed by atoms with Crippen molar-refractivity contribution in [1.29, 1.82) is 0 Å². The molecule has 0 aliphatic heterocycles. The number of likely N-dealkylation sites (N-methyl/N-ethyl adjacent to an activating group) is 1. The van der Waals surface area contributed by atoms with Gasteiger partial charge in [-0.2, -0.15) is 0 Å². The first-order valence-corrected chi connectivity index (χ1v) is 8.57. The van der Waals surface area contributed by atoms with Crippen molar-refractivity contribution in [3.63, 3.8) is 0 Å². The molecule has 20 heavy (non-hydrogen) atoms. The molecule has 0 saturated heterocycles. The zero-order chi connectivity index (χ0) is 13.8. The van der Waals surface area contributed by atoms with Gasteiger partial charge in [-0.3, -0.25) is 0 Å². The lowest BCUT2D eigenvalue weighted by Gasteiger charge is -2.38. The highest BCUT2D eigenvalue weighted by molar-refractivity contribution is 7.10. The van der Waals surface area contributed by atoms with Gasteiger partial charge in [-0.1, -0.05) is 56.2 Å². The Morgan fingerprint density at radius 3 is 2.45 bits per heavy atom. The number of nitrogens with one attached hydrogen (secondary N) is 1. The van der Waals surface area contributed by atoms with E-state index in [9.17, 15) is 0 Å². The highest BCUT2D eigenvalue weighted by Gasteiger charge is 2.43. The van der Waals surface area contributed by atoms with E-state index in [4.69, 9.17) is 0 Å². The van der Waals surface area contributed by atoms with Gasteiger partial charge in [0.1, 0.15) is 0 Å². The van der Waals surface area contributed by atoms with Crippen LogP contribution in [0.2, 0.25) is 0 Å². The molecule has 1 nitrogen and oxygen atoms in total. The van der Waals surface area contributed by atoms with Gasteiger partial charge in [0.2, 0.25) is 0 Å². The van der Waals surface area contributed by atoms with Gasteiger partial charge in [0.25, 0.3) is 0 Å². The molecule has 1 saturated carbocycles. The summed E-state index contributed by atoms with van der Waals surface area (Å²) in [6.07, 6.45) is 5.30. The number of hydrogen-bond donors (Lipinski definition) is 1. The quantitative estimate of drug-likeness (QED) is 0.823. The molecule has 0 amide bonds. The Balaban J connectivity index is 2.04. The van der Waals surface area contributed by atoms with Crippen molar-refractivity contribution < 1.29 is 0 Å². The Morgan fingerprint density at radius 2 is 1.85 bits per heavy atom. The maximum atomic E-state index is 3.78. The maximum absolute atomic E-state index is 3.78. The van der Waals surface area contributed by atoms with Crippen LogP contribution in [0.3, 0.4) is 0 Å². The minimum absolute atomic E-state index is 0.280. The molecule has 1 aromatic heterocycles. The van der Waals surface area contributed by atoms with Crippen LogP contribution in [-0.2, 0) is 5.41 Å². The normalized spacial score (nSPS) is 19.1. The van der Waals surface area contributed by atoms with E-state index in [0.29, 0.717) is 6.04 Å². The molecule has 1 heterocycles. The van der Waals surface area contributed by atoms with Gasteiger partial charge in [-0.05, 0) is 36.4 Å². The summed E-state index contributed by atoms with van der Waals surface area (Å²) in [5.74, 6) is 0. The van der Waals surface area contributed by atoms with Crippen LogP contribution in [0.4, 0.5) is 0 Å². The molecule has 1 aliphatic rings. The van der Waals surface area contributed by atoms with Gasteiger partial charge < -0.3 is 5.32 Å². The van der Waals surface area contributed by atoms with Crippen molar-refractivity contribution in [2.24, 2.45) is 0 Å². The molecule has 1 unspecified atom stereocenters. The summed E-state index contributed by atoms with van der Waals surface area (Å²) in [5, 5.41) is 5.98. The average molecular weight is 285 g/mol. The van der Waals surface area contributed by atoms with Crippen LogP contribution in [-0.4, -0.2) is 6.54 Å². The first kappa shape index (κ1) is 13.8. The van der Waals surface area contributed by atoms with Gasteiger partial charge in [0.05, 0.1) is 6.04 Å². The molecule has 1 fully saturated rings. The first-order valence-electron chi connectivity index (χ1n) is 7.69. The summed E-state index contributed by atoms with van der Waals surface area (Å²) in [6, 6.07) is 16.1. The molecule has 1 N–H and O–H groups in total. The van der Waals surface area contributed by atoms with Crippen LogP contribution in [0.1, 0.15) is 49.1 Å². The highest BCUT2D eigenvalue weighted by atomic mass is 32.1. The van der Waals surface area contributed by atoms with Crippen LogP contribution in [0.15, 0.2) is 47.8 Å². The third-order valence-corrected chi connectivity index (χ3v) is 5.57. The molecule has 0 bridgehead atoms. The van der Waals surface area contributed by atoms with E-state index >= 15 is 0 Å². The molecule has 0 radical (unpaired) electrons. The fraction of sp³-hybridized carbons (Fsp3) is 0.444. The number of hydrogen-bond acceptors (Lipinski definition) is 2. The summed E-state index contributed by atoms with van der Waals surface area (Å²) in [5.41, 5.74) is 1.79. The molecule has 1 aromatic carbocycles. The van der Waals surface area contributed by atoms with Gasteiger partial charge in [-0.15, -0.1) is 11.3 Å². The van der Waals surface area contributed by atoms with Gasteiger partial charge in [0, 0.05) is 10.3 Å². The molecule has 1 aliphatic carbocycles. The highest BCUT2D eigenvalue weighted by Crippen LogP contribution is 2.50. The Bertz CT molecular complexity index is 512. The van der Waals surface area contributed by atoms with Crippen LogP contribution < -0.4 is 5.32 Å². The molecule has 106 valence electrons. The second-order valence-corrected chi connectivity index (χ2v) is 6.71. The number of rotatable bonds is 5. The summed E-state index contributed by atoms with van der Waals surface area (Å²) in [7, 11) is 0. The summed E-state index contributed by atoms with van der Waals surface area (Å²) >= 11 is 1.89. The van der Waals surface area contributed by atoms with Crippen molar-refractivity contribution in [1.82, 2.24) is 5.32 Å². The monoisotopic (exact) mass is 285 g/mol. The lowest BCUT2D eigenvalue weighted by molar-refractivity contribution is 0.309. The molecular formula is C18H23NS. The Morgan fingerprint density at radius 1 is 1.10 bits per heavy atom. The van der Waals surface area contributed by atoms with E-state index in [2.05, 4.69) is 60.1 Å². The van der Waals surface area contributed by atoms with E-state index in [1.165, 1.54) is 36.1 Å². The minimum Gasteiger partial charge on any atom is -0.309 e. The third kappa shape index (κ3) is 2.43. The van der Waals surface area contributed by atoms with Crippen molar-refractivity contribution in [3.05, 3.63) is 58.3 Å². The van der Waals surface area contributed by atoms with E-state index in [0.717, 1.165) is 6.54 Å². The van der Waals surface area contributed by atoms with Gasteiger partial charge in [-0.25, -0.2) is 0 Å². The topological polar surface area (TPSA) is 12.0 Å². The van der Waals surface area contributed by atoms with Crippen molar-refractivity contribution in [2.75, 3.05) is 6.54 Å². The average Bonchev–Trinajstić information content (AvgIpc) is 3.18. The predicted octanol–water partition coefficient (Wildman–Crippen LogP) is 4.91. The summed E-state index contributed by atoms with van der Waals surface area (Å²) in [4.78, 5) is 1.48. The third-order valence-electron chi connectivity index (χ3n) is 4.63. The van der Waals surface area contributed by atoms with Crippen molar-refractivity contribution in [3.8, 4) is 0 Å². The predicted molar refractivity (Wildman–Crippen MR) is 87.3 cm³/mol. The molecule has 2 aromatic rings. The first-order chi connectivity index (χ1) is 9.87. The number of benzene rings is 1. The molecule has 1 atom stereocenters. The Hall–Kier alpha value is -1.12. The summed E-state index contributed by atoms with van der Waals surface area (Å²) in [6.45, 7) is 3.24. The Labute approximate surface area is 126 Å². The molecule has 3 rings (SSSR count). The van der Waals surface area contributed by atoms with Crippen LogP contribution in [0.5, 0.6) is 0 Å². The lowest BCUT2D eigenvalue weighted by Crippen LogP contribution is -2.39. The lowest BCUT2D eigenvalue weighted by atomic mass is 9.72. The largest absolute Gasteiger partial charge is 0.309 e. The maximum Gasteiger partial charge on any atom is 0.0512 e. The standard InChI is InChI=1S/C18H23NS/c1-2-19-17(16-11-8-14-20-16)18(12-6-7-13-18)15-9-4-3-5-10-15/h3-5,8-11,14,17,19H,2,6-7,12-13H2,1H3. The number of thiophene rings is 1. The van der Waals surface area contributed by atoms with Gasteiger partial charge in [0.15, 0.2) is 0 Å². The van der Waals surface area contributed by atoms with Crippen LogP contribution >= 0.6 is 11.3 Å². The van der Waals surface area contributed by atoms with Crippen LogP contribution in [0.25, 0.3) is 0 Å². The van der Waals surface area contributed by atoms with E-state index in [1.807, 2.05) is 11.3 Å². The smallest absolute Gasteiger partial charge is 0.0512 e. The van der Waals surface area contributed by atoms with E-state index < -0.39 is 0 Å². The fourth-order valence-corrected chi connectivity index (χ4v) is 4.66. The second-order valence-electron chi connectivity index (χ2n) is 5.74. The van der Waals surface area contributed by atoms with Crippen molar-refractivity contribution in [2.45, 2.75) is 44.1 Å². The molecular weight excluding hydrogens is 262 g/mol. The van der Waals surface area contributed by atoms with Crippen molar-refractivity contribution >= 4 is 11.3 Å². The summed E-state index contributed by atoms with van der Waals surface area (Å²) < 4.78 is 0. The molecule has 0 spiro atoms. The second kappa shape index (κ2) is 6.11. The SMILES string of the molecule is CCNC(c1cccs1)C1(c2ccccc2)CCCC1. The zero-order valence-corrected chi connectivity index (χ0v) is 13.0. The van der Waals surface area contributed by atoms with Crippen LogP contribution in [0, 0.1) is 0 Å².